The molecule has 0 aliphatic carbocycles. The maximum atomic E-state index is 12.2. The molecule has 204 valence electrons. The van der Waals surface area contributed by atoms with Crippen LogP contribution in [0.2, 0.25) is 5.02 Å². The van der Waals surface area contributed by atoms with Crippen molar-refractivity contribution < 1.29 is 28.6 Å². The lowest BCUT2D eigenvalue weighted by molar-refractivity contribution is -0.139. The summed E-state index contributed by atoms with van der Waals surface area (Å²) in [6.07, 6.45) is 1.79. The molecule has 39 heavy (non-hydrogen) atoms. The Morgan fingerprint density at radius 1 is 0.923 bits per heavy atom. The van der Waals surface area contributed by atoms with Gasteiger partial charge in [0.05, 0.1) is 20.4 Å². The van der Waals surface area contributed by atoms with Crippen molar-refractivity contribution in [1.29, 1.82) is 0 Å². The van der Waals surface area contributed by atoms with E-state index in [-0.39, 0.29) is 19.1 Å². The average Bonchev–Trinajstić information content (AvgIpc) is 2.93. The molecule has 0 unspecified atom stereocenters. The molecule has 3 aromatic rings. The van der Waals surface area contributed by atoms with E-state index in [2.05, 4.69) is 37.1 Å². The summed E-state index contributed by atoms with van der Waals surface area (Å²) >= 11 is 9.21. The Bertz CT molecular complexity index is 1350. The van der Waals surface area contributed by atoms with Crippen molar-refractivity contribution in [3.05, 3.63) is 81.3 Å². The number of anilines is 1. The summed E-state index contributed by atoms with van der Waals surface area (Å²) in [5, 5.41) is 9.64. The third-order valence-electron chi connectivity index (χ3n) is 5.18. The topological polar surface area (TPSA) is 127 Å². The van der Waals surface area contributed by atoms with Gasteiger partial charge < -0.3 is 24.8 Å². The molecule has 0 aliphatic heterocycles. The lowest BCUT2D eigenvalue weighted by Crippen LogP contribution is -2.38. The average molecular weight is 618 g/mol. The van der Waals surface area contributed by atoms with Crippen LogP contribution >= 0.6 is 27.5 Å². The molecule has 3 N–H and O–H groups in total. The number of carbonyl (C=O) groups excluding carboxylic acids is 3. The molecule has 0 aliphatic rings. The van der Waals surface area contributed by atoms with Crippen LogP contribution in [0.3, 0.4) is 0 Å². The largest absolute Gasteiger partial charge is 0.493 e. The number of rotatable bonds is 11. The summed E-state index contributed by atoms with van der Waals surface area (Å²) in [7, 11) is 3.09. The van der Waals surface area contributed by atoms with E-state index in [1.165, 1.54) is 13.3 Å². The SMILES string of the molecule is COc1ccc(CCNC(=O)C(=O)N/N=C\c2cc(Br)ccc2OCC(=O)Nc2ccc(Cl)cc2)cc1OC. The van der Waals surface area contributed by atoms with Crippen LogP contribution in [0.25, 0.3) is 0 Å². The van der Waals surface area contributed by atoms with Crippen molar-refractivity contribution >= 4 is 57.2 Å². The van der Waals surface area contributed by atoms with E-state index in [1.54, 1.807) is 61.7 Å². The minimum Gasteiger partial charge on any atom is -0.493 e. The number of ether oxygens (including phenoxy) is 3. The molecule has 12 heteroatoms. The number of methoxy groups -OCH3 is 2. The third-order valence-corrected chi connectivity index (χ3v) is 5.93. The highest BCUT2D eigenvalue weighted by molar-refractivity contribution is 9.10. The van der Waals surface area contributed by atoms with E-state index in [1.807, 2.05) is 6.07 Å². The number of hydrogen-bond acceptors (Lipinski definition) is 7. The summed E-state index contributed by atoms with van der Waals surface area (Å²) in [5.74, 6) is -0.618. The second-order valence-corrected chi connectivity index (χ2v) is 9.27. The minimum atomic E-state index is -0.932. The Kier molecular flexibility index (Phi) is 11.1. The maximum Gasteiger partial charge on any atom is 0.329 e. The van der Waals surface area contributed by atoms with E-state index in [9.17, 15) is 14.4 Å². The quantitative estimate of drug-likeness (QED) is 0.170. The monoisotopic (exact) mass is 616 g/mol. The zero-order chi connectivity index (χ0) is 28.2. The Morgan fingerprint density at radius 3 is 2.36 bits per heavy atom. The Morgan fingerprint density at radius 2 is 1.64 bits per heavy atom. The summed E-state index contributed by atoms with van der Waals surface area (Å²) in [5.41, 5.74) is 4.13. The van der Waals surface area contributed by atoms with Gasteiger partial charge in [-0.15, -0.1) is 0 Å². The second-order valence-electron chi connectivity index (χ2n) is 7.92. The fourth-order valence-corrected chi connectivity index (χ4v) is 3.78. The number of nitrogens with zero attached hydrogens (tertiary/aromatic N) is 1. The molecule has 0 fully saturated rings. The normalized spacial score (nSPS) is 10.6. The first-order valence-corrected chi connectivity index (χ1v) is 12.8. The van der Waals surface area contributed by atoms with Gasteiger partial charge in [0.25, 0.3) is 5.91 Å². The summed E-state index contributed by atoms with van der Waals surface area (Å²) < 4.78 is 16.8. The lowest BCUT2D eigenvalue weighted by atomic mass is 10.1. The van der Waals surface area contributed by atoms with Gasteiger partial charge in [0.1, 0.15) is 5.75 Å². The zero-order valence-electron chi connectivity index (χ0n) is 21.1. The molecule has 0 aromatic heterocycles. The highest BCUT2D eigenvalue weighted by atomic mass is 79.9. The van der Waals surface area contributed by atoms with Crippen LogP contribution in [0.15, 0.2) is 70.2 Å². The van der Waals surface area contributed by atoms with Gasteiger partial charge in [-0.1, -0.05) is 33.6 Å². The summed E-state index contributed by atoms with van der Waals surface area (Å²) in [6.45, 7) is -0.0346. The van der Waals surface area contributed by atoms with Crippen LogP contribution in [0, 0.1) is 0 Å². The predicted molar refractivity (Wildman–Crippen MR) is 152 cm³/mol. The van der Waals surface area contributed by atoms with Crippen LogP contribution < -0.4 is 30.3 Å². The van der Waals surface area contributed by atoms with Crippen molar-refractivity contribution in [1.82, 2.24) is 10.7 Å². The van der Waals surface area contributed by atoms with E-state index in [0.29, 0.717) is 39.9 Å². The lowest BCUT2D eigenvalue weighted by Gasteiger charge is -2.10. The van der Waals surface area contributed by atoms with Crippen molar-refractivity contribution in [3.63, 3.8) is 0 Å². The molecular weight excluding hydrogens is 592 g/mol. The molecule has 0 radical (unpaired) electrons. The van der Waals surface area contributed by atoms with Gasteiger partial charge in [0.2, 0.25) is 0 Å². The number of hydrazone groups is 1. The Hall–Kier alpha value is -4.09. The minimum absolute atomic E-state index is 0.229. The molecule has 0 saturated carbocycles. The van der Waals surface area contributed by atoms with E-state index in [0.717, 1.165) is 10.0 Å². The van der Waals surface area contributed by atoms with Crippen LogP contribution in [0.5, 0.6) is 17.2 Å². The number of hydrogen-bond donors (Lipinski definition) is 3. The first-order chi connectivity index (χ1) is 18.8. The summed E-state index contributed by atoms with van der Waals surface area (Å²) in [4.78, 5) is 36.5. The van der Waals surface area contributed by atoms with Gasteiger partial charge >= 0.3 is 11.8 Å². The van der Waals surface area contributed by atoms with Crippen molar-refractivity contribution in [2.45, 2.75) is 6.42 Å². The molecule has 0 atom stereocenters. The third kappa shape index (κ3) is 9.31. The van der Waals surface area contributed by atoms with Crippen LogP contribution in [0.4, 0.5) is 5.69 Å². The van der Waals surface area contributed by atoms with Gasteiger partial charge in [-0.25, -0.2) is 5.43 Å². The van der Waals surface area contributed by atoms with Gasteiger partial charge in [-0.05, 0) is 66.6 Å². The number of halogens is 2. The zero-order valence-corrected chi connectivity index (χ0v) is 23.5. The molecule has 10 nitrogen and oxygen atoms in total. The first kappa shape index (κ1) is 29.5. The van der Waals surface area contributed by atoms with Crippen molar-refractivity contribution in [2.24, 2.45) is 5.10 Å². The second kappa shape index (κ2) is 14.7. The van der Waals surface area contributed by atoms with Gasteiger partial charge in [-0.2, -0.15) is 5.10 Å². The fourth-order valence-electron chi connectivity index (χ4n) is 3.27. The maximum absolute atomic E-state index is 12.2. The Balaban J connectivity index is 1.49. The highest BCUT2D eigenvalue weighted by Gasteiger charge is 2.13. The molecule has 0 heterocycles. The predicted octanol–water partition coefficient (Wildman–Crippen LogP) is 3.95. The van der Waals surface area contributed by atoms with Crippen LogP contribution in [0.1, 0.15) is 11.1 Å². The van der Waals surface area contributed by atoms with E-state index < -0.39 is 11.8 Å². The number of benzene rings is 3. The highest BCUT2D eigenvalue weighted by Crippen LogP contribution is 2.27. The van der Waals surface area contributed by atoms with Gasteiger partial charge in [-0.3, -0.25) is 14.4 Å². The van der Waals surface area contributed by atoms with Crippen LogP contribution in [-0.4, -0.2) is 51.3 Å². The molecule has 0 saturated heterocycles. The molecule has 3 amide bonds. The van der Waals surface area contributed by atoms with Crippen molar-refractivity contribution in [3.8, 4) is 17.2 Å². The van der Waals surface area contributed by atoms with E-state index >= 15 is 0 Å². The number of amides is 3. The standard InChI is InChI=1S/C27H26BrClN4O6/c1-37-23-9-3-17(13-24(23)38-2)11-12-30-26(35)27(36)33-31-15-18-14-19(28)4-10-22(18)39-16-25(34)32-21-7-5-20(29)6-8-21/h3-10,13-15H,11-12,16H2,1-2H3,(H,30,35)(H,32,34)(H,33,36)/b31-15-. The molecule has 0 spiro atoms. The van der Waals surface area contributed by atoms with Crippen molar-refractivity contribution in [2.75, 3.05) is 32.7 Å². The number of nitrogens with one attached hydrogen (secondary N) is 3. The van der Waals surface area contributed by atoms with Gasteiger partial charge in [0.15, 0.2) is 18.1 Å². The molecule has 3 rings (SSSR count). The first-order valence-electron chi connectivity index (χ1n) is 11.6. The fraction of sp³-hybridized carbons (Fsp3) is 0.185. The summed E-state index contributed by atoms with van der Waals surface area (Å²) in [6, 6.07) is 17.1. The smallest absolute Gasteiger partial charge is 0.329 e. The number of carbonyl (C=O) groups is 3. The molecule has 3 aromatic carbocycles. The van der Waals surface area contributed by atoms with E-state index in [4.69, 9.17) is 25.8 Å². The molecule has 0 bridgehead atoms. The van der Waals surface area contributed by atoms with Crippen LogP contribution in [-0.2, 0) is 20.8 Å². The Labute approximate surface area is 238 Å². The molecular formula is C27H26BrClN4O6. The van der Waals surface area contributed by atoms with Gasteiger partial charge in [0, 0.05) is 27.3 Å².